The number of rotatable bonds is 10. The number of unbranched alkanes of at least 4 members (excludes halogenated alkanes) is 1. The third kappa shape index (κ3) is 7.68. The van der Waals surface area contributed by atoms with Crippen molar-refractivity contribution in [1.29, 1.82) is 0 Å². The van der Waals surface area contributed by atoms with Gasteiger partial charge in [-0.05, 0) is 31.9 Å². The highest BCUT2D eigenvalue weighted by molar-refractivity contribution is 5.95. The molecule has 0 aliphatic carbocycles. The number of amides is 3. The van der Waals surface area contributed by atoms with Gasteiger partial charge in [-0.2, -0.15) is 0 Å². The van der Waals surface area contributed by atoms with Crippen LogP contribution < -0.4 is 10.6 Å². The molecule has 1 unspecified atom stereocenters. The van der Waals surface area contributed by atoms with Crippen LogP contribution >= 0.6 is 0 Å². The fraction of sp³-hybridized carbons (Fsp3) is 0.550. The Morgan fingerprint density at radius 3 is 2.31 bits per heavy atom. The average Bonchev–Trinajstić information content (AvgIpc) is 2.64. The van der Waals surface area contributed by atoms with Gasteiger partial charge >= 0.3 is 0 Å². The largest absolute Gasteiger partial charge is 0.345 e. The third-order valence-electron chi connectivity index (χ3n) is 4.24. The van der Waals surface area contributed by atoms with E-state index in [2.05, 4.69) is 10.6 Å². The Labute approximate surface area is 156 Å². The van der Waals surface area contributed by atoms with Gasteiger partial charge in [0.1, 0.15) is 0 Å². The Hall–Kier alpha value is -2.37. The smallest absolute Gasteiger partial charge is 0.243 e. The van der Waals surface area contributed by atoms with E-state index in [1.165, 1.54) is 0 Å². The molecule has 144 valence electrons. The van der Waals surface area contributed by atoms with E-state index >= 15 is 0 Å². The number of anilines is 1. The van der Waals surface area contributed by atoms with Crippen molar-refractivity contribution < 1.29 is 14.4 Å². The Kier molecular flexibility index (Phi) is 9.41. The molecule has 0 spiro atoms. The van der Waals surface area contributed by atoms with Gasteiger partial charge in [-0.15, -0.1) is 0 Å². The van der Waals surface area contributed by atoms with E-state index in [9.17, 15) is 14.4 Å². The van der Waals surface area contributed by atoms with Crippen LogP contribution in [0, 0.1) is 12.8 Å². The molecule has 0 radical (unpaired) electrons. The summed E-state index contributed by atoms with van der Waals surface area (Å²) in [6, 6.07) is 7.43. The molecule has 0 saturated carbocycles. The second-order valence-electron chi connectivity index (χ2n) is 6.61. The molecule has 2 N–H and O–H groups in total. The first-order chi connectivity index (χ1) is 12.4. The molecule has 1 aromatic carbocycles. The van der Waals surface area contributed by atoms with Crippen LogP contribution in [-0.4, -0.2) is 42.3 Å². The quantitative estimate of drug-likeness (QED) is 0.672. The van der Waals surface area contributed by atoms with Crippen molar-refractivity contribution in [3.63, 3.8) is 0 Å². The number of hydrogen-bond donors (Lipinski definition) is 2. The van der Waals surface area contributed by atoms with Crippen molar-refractivity contribution in [2.24, 2.45) is 5.92 Å². The van der Waals surface area contributed by atoms with Crippen molar-refractivity contribution in [3.8, 4) is 0 Å². The van der Waals surface area contributed by atoms with Crippen LogP contribution in [0.2, 0.25) is 0 Å². The number of nitrogens with zero attached hydrogens (tertiary/aromatic N) is 1. The third-order valence-corrected chi connectivity index (χ3v) is 4.24. The standard InChI is InChI=1S/C20H31N3O3/c1-5-7-12-23(20(26)16(4)6-2)14-19(25)21-13-18(24)22-17-10-8-15(3)9-11-17/h8-11,16H,5-7,12-14H2,1-4H3,(H,21,25)(H,22,24). The fourth-order valence-electron chi connectivity index (χ4n) is 2.35. The van der Waals surface area contributed by atoms with Crippen LogP contribution in [0.25, 0.3) is 0 Å². The monoisotopic (exact) mass is 361 g/mol. The van der Waals surface area contributed by atoms with E-state index in [-0.39, 0.29) is 36.7 Å². The molecule has 6 heteroatoms. The zero-order valence-corrected chi connectivity index (χ0v) is 16.3. The maximum atomic E-state index is 12.4. The molecular formula is C20H31N3O3. The van der Waals surface area contributed by atoms with Gasteiger partial charge in [0.15, 0.2) is 0 Å². The van der Waals surface area contributed by atoms with Gasteiger partial charge in [-0.3, -0.25) is 14.4 Å². The summed E-state index contributed by atoms with van der Waals surface area (Å²) in [6.45, 7) is 8.26. The van der Waals surface area contributed by atoms with E-state index < -0.39 is 0 Å². The van der Waals surface area contributed by atoms with Crippen molar-refractivity contribution in [2.45, 2.75) is 47.0 Å². The molecule has 0 bridgehead atoms. The summed E-state index contributed by atoms with van der Waals surface area (Å²) in [4.78, 5) is 38.1. The number of benzene rings is 1. The summed E-state index contributed by atoms with van der Waals surface area (Å²) in [7, 11) is 0. The van der Waals surface area contributed by atoms with Crippen LogP contribution in [0.15, 0.2) is 24.3 Å². The Bertz CT molecular complexity index is 599. The second-order valence-corrected chi connectivity index (χ2v) is 6.61. The Balaban J connectivity index is 2.49. The molecular weight excluding hydrogens is 330 g/mol. The molecule has 0 aromatic heterocycles. The van der Waals surface area contributed by atoms with E-state index in [1.54, 1.807) is 4.90 Å². The predicted octanol–water partition coefficient (Wildman–Crippen LogP) is 2.72. The zero-order valence-electron chi connectivity index (χ0n) is 16.3. The van der Waals surface area contributed by atoms with E-state index in [0.29, 0.717) is 12.2 Å². The summed E-state index contributed by atoms with van der Waals surface area (Å²) < 4.78 is 0. The lowest BCUT2D eigenvalue weighted by Gasteiger charge is -2.24. The molecule has 1 atom stereocenters. The lowest BCUT2D eigenvalue weighted by atomic mass is 10.1. The topological polar surface area (TPSA) is 78.5 Å². The SMILES string of the molecule is CCCCN(CC(=O)NCC(=O)Nc1ccc(C)cc1)C(=O)C(C)CC. The van der Waals surface area contributed by atoms with E-state index in [0.717, 1.165) is 24.8 Å². The minimum Gasteiger partial charge on any atom is -0.345 e. The molecule has 26 heavy (non-hydrogen) atoms. The molecule has 6 nitrogen and oxygen atoms in total. The first-order valence-corrected chi connectivity index (χ1v) is 9.29. The van der Waals surface area contributed by atoms with E-state index in [4.69, 9.17) is 0 Å². The van der Waals surface area contributed by atoms with Gasteiger partial charge in [-0.25, -0.2) is 0 Å². The highest BCUT2D eigenvalue weighted by atomic mass is 16.2. The van der Waals surface area contributed by atoms with Crippen LogP contribution in [0.5, 0.6) is 0 Å². The average molecular weight is 361 g/mol. The first-order valence-electron chi connectivity index (χ1n) is 9.29. The predicted molar refractivity (Wildman–Crippen MR) is 104 cm³/mol. The molecule has 0 saturated heterocycles. The molecule has 0 fully saturated rings. The van der Waals surface area contributed by atoms with Crippen molar-refractivity contribution >= 4 is 23.4 Å². The van der Waals surface area contributed by atoms with E-state index in [1.807, 2.05) is 52.0 Å². The molecule has 0 heterocycles. The summed E-state index contributed by atoms with van der Waals surface area (Å²) >= 11 is 0. The van der Waals surface area contributed by atoms with Crippen LogP contribution in [0.3, 0.4) is 0 Å². The van der Waals surface area contributed by atoms with Crippen LogP contribution in [0.1, 0.15) is 45.6 Å². The molecule has 3 amide bonds. The maximum absolute atomic E-state index is 12.4. The minimum atomic E-state index is -0.322. The number of nitrogens with one attached hydrogen (secondary N) is 2. The zero-order chi connectivity index (χ0) is 19.5. The van der Waals surface area contributed by atoms with Gasteiger partial charge in [-0.1, -0.05) is 44.9 Å². The normalized spacial score (nSPS) is 11.5. The Morgan fingerprint density at radius 2 is 1.73 bits per heavy atom. The lowest BCUT2D eigenvalue weighted by Crippen LogP contribution is -2.44. The first kappa shape index (κ1) is 21.7. The van der Waals surface area contributed by atoms with Gasteiger partial charge in [0, 0.05) is 18.2 Å². The number of carbonyl (C=O) groups is 3. The van der Waals surface area contributed by atoms with Crippen molar-refractivity contribution in [3.05, 3.63) is 29.8 Å². The summed E-state index contributed by atoms with van der Waals surface area (Å²) in [5.74, 6) is -0.739. The summed E-state index contributed by atoms with van der Waals surface area (Å²) in [5.41, 5.74) is 1.79. The highest BCUT2D eigenvalue weighted by Gasteiger charge is 2.21. The van der Waals surface area contributed by atoms with Crippen LogP contribution in [-0.2, 0) is 14.4 Å². The maximum Gasteiger partial charge on any atom is 0.243 e. The van der Waals surface area contributed by atoms with Gasteiger partial charge < -0.3 is 15.5 Å². The Morgan fingerprint density at radius 1 is 1.08 bits per heavy atom. The molecule has 1 aromatic rings. The molecule has 0 aliphatic heterocycles. The number of carbonyl (C=O) groups excluding carboxylic acids is 3. The summed E-state index contributed by atoms with van der Waals surface area (Å²) in [5, 5.41) is 5.32. The summed E-state index contributed by atoms with van der Waals surface area (Å²) in [6.07, 6.45) is 2.54. The lowest BCUT2D eigenvalue weighted by molar-refractivity contribution is -0.139. The molecule has 1 rings (SSSR count). The molecule has 0 aliphatic rings. The highest BCUT2D eigenvalue weighted by Crippen LogP contribution is 2.09. The van der Waals surface area contributed by atoms with Gasteiger partial charge in [0.2, 0.25) is 17.7 Å². The second kappa shape index (κ2) is 11.3. The van der Waals surface area contributed by atoms with Gasteiger partial charge in [0.05, 0.1) is 13.1 Å². The minimum absolute atomic E-state index is 0.0129. The number of hydrogen-bond acceptors (Lipinski definition) is 3. The fourth-order valence-corrected chi connectivity index (χ4v) is 2.35. The van der Waals surface area contributed by atoms with Crippen molar-refractivity contribution in [2.75, 3.05) is 25.0 Å². The van der Waals surface area contributed by atoms with Crippen LogP contribution in [0.4, 0.5) is 5.69 Å². The van der Waals surface area contributed by atoms with Crippen molar-refractivity contribution in [1.82, 2.24) is 10.2 Å². The number of aryl methyl sites for hydroxylation is 1. The van der Waals surface area contributed by atoms with Gasteiger partial charge in [0.25, 0.3) is 0 Å².